The van der Waals surface area contributed by atoms with E-state index in [2.05, 4.69) is 20.6 Å². The molecule has 0 saturated carbocycles. The lowest BCUT2D eigenvalue weighted by atomic mass is 10.1. The normalized spacial score (nSPS) is 15.4. The Morgan fingerprint density at radius 1 is 1.00 bits per heavy atom. The molecule has 0 aliphatic carbocycles. The van der Waals surface area contributed by atoms with E-state index < -0.39 is 55.6 Å². The van der Waals surface area contributed by atoms with Crippen molar-refractivity contribution < 1.29 is 39.8 Å². The predicted molar refractivity (Wildman–Crippen MR) is 137 cm³/mol. The van der Waals surface area contributed by atoms with E-state index in [4.69, 9.17) is 21.1 Å². The van der Waals surface area contributed by atoms with Crippen LogP contribution in [0.2, 0.25) is 5.02 Å². The molecule has 0 amide bonds. The molecule has 1 aliphatic heterocycles. The molecule has 2 N–H and O–H groups in total. The molecule has 0 unspecified atom stereocenters. The van der Waals surface area contributed by atoms with Gasteiger partial charge in [0.15, 0.2) is 33.1 Å². The molecule has 1 aromatic heterocycles. The van der Waals surface area contributed by atoms with E-state index in [1.54, 1.807) is 0 Å². The van der Waals surface area contributed by atoms with E-state index >= 15 is 0 Å². The third-order valence-electron chi connectivity index (χ3n) is 5.95. The summed E-state index contributed by atoms with van der Waals surface area (Å²) in [6.45, 7) is 0.624. The van der Waals surface area contributed by atoms with Crippen molar-refractivity contribution in [1.82, 2.24) is 9.97 Å². The van der Waals surface area contributed by atoms with Crippen LogP contribution in [0.3, 0.4) is 0 Å². The maximum absolute atomic E-state index is 15.0. The second-order valence-electron chi connectivity index (χ2n) is 8.80. The van der Waals surface area contributed by atoms with E-state index in [1.165, 1.54) is 30.6 Å². The summed E-state index contributed by atoms with van der Waals surface area (Å²) in [4.78, 5) is 6.61. The highest BCUT2D eigenvalue weighted by atomic mass is 35.5. The molecule has 4 aromatic rings. The zero-order valence-electron chi connectivity index (χ0n) is 20.4. The second kappa shape index (κ2) is 10.7. The van der Waals surface area contributed by atoms with Gasteiger partial charge in [-0.25, -0.2) is 40.3 Å². The van der Waals surface area contributed by atoms with E-state index in [-0.39, 0.29) is 34.3 Å². The summed E-state index contributed by atoms with van der Waals surface area (Å²) >= 11 is 5.86. The van der Waals surface area contributed by atoms with Crippen molar-refractivity contribution in [3.63, 3.8) is 0 Å². The van der Waals surface area contributed by atoms with Crippen LogP contribution < -0.4 is 15.4 Å². The third-order valence-corrected chi connectivity index (χ3v) is 7.34. The standard InChI is InChI=1S/C25H18ClF5N4O4S/c1-40(36,37)24-21(30)19(28)23(20(29)22(24)31)35-17-7-13-16(8-18(17)39-12-4-5-38-9-12)32-10-33-25(13)34-11-2-3-15(27)14(26)6-11/h2-3,6-8,10,12,35H,4-5,9H2,1H3,(H,32,33,34)/t12-/m0/s1. The van der Waals surface area contributed by atoms with Crippen LogP contribution in [-0.2, 0) is 14.6 Å². The number of fused-ring (bicyclic) bond motifs is 1. The Labute approximate surface area is 229 Å². The summed E-state index contributed by atoms with van der Waals surface area (Å²) in [5.41, 5.74) is -0.790. The highest BCUT2D eigenvalue weighted by Gasteiger charge is 2.31. The number of aromatic nitrogens is 2. The summed E-state index contributed by atoms with van der Waals surface area (Å²) in [6, 6.07) is 6.55. The number of rotatable bonds is 7. The number of sulfone groups is 1. The number of benzene rings is 3. The molecular weight excluding hydrogens is 583 g/mol. The fraction of sp³-hybridized carbons (Fsp3) is 0.200. The Bertz CT molecular complexity index is 1720. The largest absolute Gasteiger partial charge is 0.486 e. The van der Waals surface area contributed by atoms with Gasteiger partial charge in [0.05, 0.1) is 29.4 Å². The van der Waals surface area contributed by atoms with Crippen LogP contribution >= 0.6 is 11.6 Å². The summed E-state index contributed by atoms with van der Waals surface area (Å²) in [6.07, 6.45) is 1.69. The first-order chi connectivity index (χ1) is 18.9. The summed E-state index contributed by atoms with van der Waals surface area (Å²) in [5.74, 6) is -8.57. The maximum Gasteiger partial charge on any atom is 0.186 e. The summed E-state index contributed by atoms with van der Waals surface area (Å²) < 4.78 is 108. The minimum Gasteiger partial charge on any atom is -0.486 e. The fourth-order valence-electron chi connectivity index (χ4n) is 4.06. The van der Waals surface area contributed by atoms with E-state index in [0.29, 0.717) is 30.5 Å². The van der Waals surface area contributed by atoms with Crippen molar-refractivity contribution >= 4 is 55.2 Å². The molecule has 0 radical (unpaired) electrons. The minimum absolute atomic E-state index is 0.00397. The van der Waals surface area contributed by atoms with Crippen LogP contribution in [0.1, 0.15) is 6.42 Å². The summed E-state index contributed by atoms with van der Waals surface area (Å²) in [7, 11) is -4.65. The molecule has 1 atom stereocenters. The fourth-order valence-corrected chi connectivity index (χ4v) is 5.07. The average Bonchev–Trinajstić information content (AvgIpc) is 3.40. The van der Waals surface area contributed by atoms with E-state index in [1.807, 2.05) is 0 Å². The summed E-state index contributed by atoms with van der Waals surface area (Å²) in [5, 5.41) is 5.34. The number of hydrogen-bond donors (Lipinski definition) is 2. The first kappa shape index (κ1) is 27.8. The molecule has 0 bridgehead atoms. The van der Waals surface area contributed by atoms with Crippen LogP contribution in [0.4, 0.5) is 44.8 Å². The van der Waals surface area contributed by atoms with Crippen molar-refractivity contribution in [2.24, 2.45) is 0 Å². The topological polar surface area (TPSA) is 102 Å². The molecule has 8 nitrogen and oxygen atoms in total. The quantitative estimate of drug-likeness (QED) is 0.196. The van der Waals surface area contributed by atoms with Gasteiger partial charge in [-0.2, -0.15) is 0 Å². The van der Waals surface area contributed by atoms with Crippen molar-refractivity contribution in [3.05, 3.63) is 70.8 Å². The minimum atomic E-state index is -4.65. The predicted octanol–water partition coefficient (Wildman–Crippen LogP) is 6.04. The van der Waals surface area contributed by atoms with Gasteiger partial charge in [0, 0.05) is 29.8 Å². The molecule has 1 fully saturated rings. The molecular formula is C25H18ClF5N4O4S. The van der Waals surface area contributed by atoms with Crippen molar-refractivity contribution in [2.75, 3.05) is 30.1 Å². The molecule has 0 spiro atoms. The van der Waals surface area contributed by atoms with Gasteiger partial charge >= 0.3 is 0 Å². The SMILES string of the molecule is CS(=O)(=O)c1c(F)c(F)c(Nc2cc3c(Nc4ccc(F)c(Cl)c4)ncnc3cc2O[C@H]2CCOC2)c(F)c1F. The van der Waals surface area contributed by atoms with Gasteiger partial charge < -0.3 is 20.1 Å². The number of ether oxygens (including phenoxy) is 2. The van der Waals surface area contributed by atoms with Crippen LogP contribution in [0, 0.1) is 29.1 Å². The first-order valence-electron chi connectivity index (χ1n) is 11.5. The molecule has 210 valence electrons. The number of nitrogens with zero attached hydrogens (tertiary/aromatic N) is 2. The maximum atomic E-state index is 15.0. The van der Waals surface area contributed by atoms with Crippen molar-refractivity contribution in [2.45, 2.75) is 17.4 Å². The lowest BCUT2D eigenvalue weighted by molar-refractivity contribution is 0.142. The Balaban J connectivity index is 1.64. The smallest absolute Gasteiger partial charge is 0.186 e. The lowest BCUT2D eigenvalue weighted by Crippen LogP contribution is -2.17. The number of halogens is 6. The van der Waals surface area contributed by atoms with E-state index in [0.717, 1.165) is 6.07 Å². The molecule has 15 heteroatoms. The van der Waals surface area contributed by atoms with Gasteiger partial charge in [-0.1, -0.05) is 11.6 Å². The van der Waals surface area contributed by atoms with Crippen LogP contribution in [-0.4, -0.2) is 44.0 Å². The van der Waals surface area contributed by atoms with Gasteiger partial charge in [-0.15, -0.1) is 0 Å². The molecule has 5 rings (SSSR count). The van der Waals surface area contributed by atoms with Crippen molar-refractivity contribution in [3.8, 4) is 5.75 Å². The van der Waals surface area contributed by atoms with Crippen LogP contribution in [0.15, 0.2) is 41.6 Å². The second-order valence-corrected chi connectivity index (χ2v) is 11.2. The van der Waals surface area contributed by atoms with Gasteiger partial charge in [0.25, 0.3) is 0 Å². The molecule has 40 heavy (non-hydrogen) atoms. The Morgan fingerprint density at radius 3 is 2.35 bits per heavy atom. The van der Waals surface area contributed by atoms with Crippen molar-refractivity contribution in [1.29, 1.82) is 0 Å². The van der Waals surface area contributed by atoms with Gasteiger partial charge in [0.1, 0.15) is 40.4 Å². The number of anilines is 4. The highest BCUT2D eigenvalue weighted by molar-refractivity contribution is 7.90. The highest BCUT2D eigenvalue weighted by Crippen LogP contribution is 2.39. The van der Waals surface area contributed by atoms with Gasteiger partial charge in [0.2, 0.25) is 0 Å². The van der Waals surface area contributed by atoms with E-state index in [9.17, 15) is 30.4 Å². The first-order valence-corrected chi connectivity index (χ1v) is 13.8. The third kappa shape index (κ3) is 5.33. The number of hydrogen-bond acceptors (Lipinski definition) is 8. The molecule has 1 aliphatic rings. The lowest BCUT2D eigenvalue weighted by Gasteiger charge is -2.19. The zero-order valence-corrected chi connectivity index (χ0v) is 21.9. The molecule has 3 aromatic carbocycles. The van der Waals surface area contributed by atoms with Crippen LogP contribution in [0.25, 0.3) is 10.9 Å². The molecule has 1 saturated heterocycles. The average molecular weight is 601 g/mol. The van der Waals surface area contributed by atoms with Crippen LogP contribution in [0.5, 0.6) is 5.75 Å². The Morgan fingerprint density at radius 2 is 1.73 bits per heavy atom. The number of nitrogens with one attached hydrogen (secondary N) is 2. The Hall–Kier alpha value is -3.75. The monoisotopic (exact) mass is 600 g/mol. The van der Waals surface area contributed by atoms with Gasteiger partial charge in [-0.3, -0.25) is 0 Å². The zero-order chi connectivity index (χ0) is 28.8. The Kier molecular flexibility index (Phi) is 7.42. The molecule has 2 heterocycles. The van der Waals surface area contributed by atoms with Gasteiger partial charge in [-0.05, 0) is 24.3 Å².